The summed E-state index contributed by atoms with van der Waals surface area (Å²) in [5.74, 6) is -1.21. The predicted molar refractivity (Wildman–Crippen MR) is 73.3 cm³/mol. The predicted octanol–water partition coefficient (Wildman–Crippen LogP) is 4.46. The molecule has 0 spiro atoms. The minimum atomic E-state index is -0.467. The molecule has 0 heterocycles. The molecule has 0 aliphatic rings. The molecule has 2 rings (SSSR count). The van der Waals surface area contributed by atoms with Crippen molar-refractivity contribution in [2.75, 3.05) is 0 Å². The summed E-state index contributed by atoms with van der Waals surface area (Å²) in [4.78, 5) is 12.1. The summed E-state index contributed by atoms with van der Waals surface area (Å²) in [6.07, 6.45) is -0.0800. The normalized spacial score (nSPS) is 10.5. The quantitative estimate of drug-likeness (QED) is 0.762. The van der Waals surface area contributed by atoms with Crippen LogP contribution in [0.2, 0.25) is 0 Å². The van der Waals surface area contributed by atoms with Crippen LogP contribution in [0.3, 0.4) is 0 Å². The Labute approximate surface area is 118 Å². The summed E-state index contributed by atoms with van der Waals surface area (Å²) in [6.45, 7) is 1.73. The lowest BCUT2D eigenvalue weighted by molar-refractivity contribution is 0.0991. The molecule has 2 aromatic carbocycles. The van der Waals surface area contributed by atoms with Crippen molar-refractivity contribution in [3.63, 3.8) is 0 Å². The highest BCUT2D eigenvalue weighted by Crippen LogP contribution is 2.18. The van der Waals surface area contributed by atoms with Crippen molar-refractivity contribution in [2.24, 2.45) is 0 Å². The molecule has 0 saturated heterocycles. The molecule has 0 bridgehead atoms. The van der Waals surface area contributed by atoms with Gasteiger partial charge in [0.1, 0.15) is 11.6 Å². The van der Waals surface area contributed by atoms with Crippen molar-refractivity contribution >= 4 is 21.7 Å². The van der Waals surface area contributed by atoms with Gasteiger partial charge in [-0.25, -0.2) is 8.78 Å². The van der Waals surface area contributed by atoms with Gasteiger partial charge >= 0.3 is 0 Å². The van der Waals surface area contributed by atoms with Crippen LogP contribution in [0.1, 0.15) is 21.5 Å². The summed E-state index contributed by atoms with van der Waals surface area (Å²) >= 11 is 3.15. The van der Waals surface area contributed by atoms with E-state index >= 15 is 0 Å². The summed E-state index contributed by atoms with van der Waals surface area (Å²) in [6, 6.07) is 8.55. The van der Waals surface area contributed by atoms with E-state index in [0.29, 0.717) is 21.2 Å². The van der Waals surface area contributed by atoms with E-state index in [4.69, 9.17) is 0 Å². The van der Waals surface area contributed by atoms with Crippen LogP contribution >= 0.6 is 15.9 Å². The smallest absolute Gasteiger partial charge is 0.167 e. The first-order valence-electron chi connectivity index (χ1n) is 5.70. The van der Waals surface area contributed by atoms with Crippen LogP contribution in [0.5, 0.6) is 0 Å². The van der Waals surface area contributed by atoms with Crippen LogP contribution in [-0.2, 0) is 6.42 Å². The summed E-state index contributed by atoms with van der Waals surface area (Å²) in [5.41, 5.74) is 1.28. The van der Waals surface area contributed by atoms with Crippen molar-refractivity contribution < 1.29 is 13.6 Å². The number of Topliss-reactive ketones (excluding diaryl/α,β-unsaturated/α-hetero) is 1. The number of ketones is 1. The molecule has 0 unspecified atom stereocenters. The van der Waals surface area contributed by atoms with Gasteiger partial charge in [0.2, 0.25) is 0 Å². The van der Waals surface area contributed by atoms with Crippen molar-refractivity contribution in [1.29, 1.82) is 0 Å². The Morgan fingerprint density at radius 3 is 2.58 bits per heavy atom. The van der Waals surface area contributed by atoms with Crippen molar-refractivity contribution in [3.8, 4) is 0 Å². The van der Waals surface area contributed by atoms with Gasteiger partial charge in [0.05, 0.1) is 0 Å². The van der Waals surface area contributed by atoms with Crippen LogP contribution in [0.4, 0.5) is 8.78 Å². The maximum atomic E-state index is 13.7. The highest BCUT2D eigenvalue weighted by molar-refractivity contribution is 9.10. The van der Waals surface area contributed by atoms with Gasteiger partial charge in [0, 0.05) is 16.5 Å². The molecule has 0 saturated carbocycles. The first kappa shape index (κ1) is 13.9. The second-order valence-corrected chi connectivity index (χ2v) is 5.21. The van der Waals surface area contributed by atoms with Gasteiger partial charge in [0.25, 0.3) is 0 Å². The molecule has 0 amide bonds. The number of halogens is 3. The van der Waals surface area contributed by atoms with Crippen LogP contribution in [0.15, 0.2) is 40.9 Å². The molecule has 0 aliphatic heterocycles. The van der Waals surface area contributed by atoms with Crippen LogP contribution in [-0.4, -0.2) is 5.78 Å². The van der Waals surface area contributed by atoms with Gasteiger partial charge in [-0.15, -0.1) is 0 Å². The van der Waals surface area contributed by atoms with E-state index in [1.807, 2.05) is 0 Å². The van der Waals surface area contributed by atoms with Gasteiger partial charge in [-0.3, -0.25) is 4.79 Å². The average molecular weight is 325 g/mol. The number of carbonyl (C=O) groups is 1. The molecule has 2 aromatic rings. The molecular formula is C15H11BrF2O. The Balaban J connectivity index is 2.28. The fraction of sp³-hybridized carbons (Fsp3) is 0.133. The van der Waals surface area contributed by atoms with Crippen LogP contribution in [0.25, 0.3) is 0 Å². The zero-order valence-electron chi connectivity index (χ0n) is 10.2. The second-order valence-electron chi connectivity index (χ2n) is 4.29. The van der Waals surface area contributed by atoms with Gasteiger partial charge in [0.15, 0.2) is 5.78 Å². The maximum absolute atomic E-state index is 13.7. The van der Waals surface area contributed by atoms with Gasteiger partial charge in [-0.1, -0.05) is 28.1 Å². The molecule has 1 nitrogen and oxygen atoms in total. The Kier molecular flexibility index (Phi) is 4.10. The first-order chi connectivity index (χ1) is 8.97. The second kappa shape index (κ2) is 5.61. The Morgan fingerprint density at radius 1 is 1.16 bits per heavy atom. The molecule has 19 heavy (non-hydrogen) atoms. The monoisotopic (exact) mass is 324 g/mol. The molecular weight excluding hydrogens is 314 g/mol. The molecule has 0 aromatic heterocycles. The third-order valence-corrected chi connectivity index (χ3v) is 3.36. The molecule has 98 valence electrons. The fourth-order valence-corrected chi connectivity index (χ4v) is 2.16. The van der Waals surface area contributed by atoms with E-state index in [-0.39, 0.29) is 12.2 Å². The minimum absolute atomic E-state index is 0.0800. The lowest BCUT2D eigenvalue weighted by Crippen LogP contribution is -2.07. The lowest BCUT2D eigenvalue weighted by Gasteiger charge is -2.06. The number of carbonyl (C=O) groups excluding carboxylic acids is 1. The zero-order valence-corrected chi connectivity index (χ0v) is 11.8. The number of hydrogen-bond donors (Lipinski definition) is 0. The largest absolute Gasteiger partial charge is 0.294 e. The number of benzene rings is 2. The van der Waals surface area contributed by atoms with Crippen LogP contribution < -0.4 is 0 Å². The summed E-state index contributed by atoms with van der Waals surface area (Å²) in [7, 11) is 0. The van der Waals surface area contributed by atoms with E-state index in [1.165, 1.54) is 18.2 Å². The van der Waals surface area contributed by atoms with Crippen LogP contribution in [0, 0.1) is 18.6 Å². The standard InChI is InChI=1S/C15H11BrF2O/c1-9-2-5-12(17)8-13(9)15(19)6-10-3-4-11(16)7-14(10)18/h2-5,7-8H,6H2,1H3. The van der Waals surface area contributed by atoms with Crippen molar-refractivity contribution in [3.05, 3.63) is 69.2 Å². The molecule has 0 aliphatic carbocycles. The molecule has 0 N–H and O–H groups in total. The Morgan fingerprint density at radius 2 is 1.89 bits per heavy atom. The minimum Gasteiger partial charge on any atom is -0.294 e. The van der Waals surface area contributed by atoms with E-state index in [9.17, 15) is 13.6 Å². The van der Waals surface area contributed by atoms with E-state index in [2.05, 4.69) is 15.9 Å². The summed E-state index contributed by atoms with van der Waals surface area (Å²) in [5, 5.41) is 0. The molecule has 0 atom stereocenters. The summed E-state index contributed by atoms with van der Waals surface area (Å²) < 4.78 is 27.4. The average Bonchev–Trinajstić information content (AvgIpc) is 2.35. The highest BCUT2D eigenvalue weighted by atomic mass is 79.9. The van der Waals surface area contributed by atoms with E-state index in [0.717, 1.165) is 0 Å². The number of aryl methyl sites for hydroxylation is 1. The van der Waals surface area contributed by atoms with Gasteiger partial charge in [-0.05, 0) is 42.3 Å². The topological polar surface area (TPSA) is 17.1 Å². The number of hydrogen-bond acceptors (Lipinski definition) is 1. The SMILES string of the molecule is Cc1ccc(F)cc1C(=O)Cc1ccc(Br)cc1F. The third-order valence-electron chi connectivity index (χ3n) is 2.87. The molecule has 4 heteroatoms. The fourth-order valence-electron chi connectivity index (χ4n) is 1.83. The molecule has 0 radical (unpaired) electrons. The van der Waals surface area contributed by atoms with Crippen molar-refractivity contribution in [1.82, 2.24) is 0 Å². The lowest BCUT2D eigenvalue weighted by atomic mass is 9.99. The Hall–Kier alpha value is -1.55. The first-order valence-corrected chi connectivity index (χ1v) is 6.50. The highest BCUT2D eigenvalue weighted by Gasteiger charge is 2.13. The zero-order chi connectivity index (χ0) is 14.0. The van der Waals surface area contributed by atoms with Gasteiger partial charge < -0.3 is 0 Å². The maximum Gasteiger partial charge on any atom is 0.167 e. The third kappa shape index (κ3) is 3.26. The van der Waals surface area contributed by atoms with E-state index < -0.39 is 11.6 Å². The van der Waals surface area contributed by atoms with Gasteiger partial charge in [-0.2, -0.15) is 0 Å². The van der Waals surface area contributed by atoms with E-state index in [1.54, 1.807) is 25.1 Å². The Bertz CT molecular complexity index is 638. The molecule has 0 fully saturated rings. The van der Waals surface area contributed by atoms with Crippen molar-refractivity contribution in [2.45, 2.75) is 13.3 Å². The number of rotatable bonds is 3.